The maximum atomic E-state index is 4.85. The molecule has 4 aromatic rings. The summed E-state index contributed by atoms with van der Waals surface area (Å²) >= 11 is 0. The van der Waals surface area contributed by atoms with Gasteiger partial charge in [0.25, 0.3) is 0 Å². The number of benzene rings is 3. The Morgan fingerprint density at radius 2 is 1.15 bits per heavy atom. The van der Waals surface area contributed by atoms with Crippen LogP contribution in [0.4, 0.5) is 17.1 Å². The van der Waals surface area contributed by atoms with Crippen molar-refractivity contribution >= 4 is 38.9 Å². The van der Waals surface area contributed by atoms with Crippen molar-refractivity contribution in [3.63, 3.8) is 0 Å². The quantitative estimate of drug-likeness (QED) is 0.162. The molecule has 1 aromatic heterocycles. The minimum Gasteiger partial charge on any atom is -0.372 e. The topological polar surface area (TPSA) is 28.2 Å². The minimum absolute atomic E-state index is 1.02. The third-order valence-corrected chi connectivity index (χ3v) is 6.65. The van der Waals surface area contributed by atoms with Gasteiger partial charge in [-0.05, 0) is 49.2 Å². The summed E-state index contributed by atoms with van der Waals surface area (Å²) in [6, 6.07) is 25.8. The first-order valence-electron chi connectivity index (χ1n) is 13.2. The van der Waals surface area contributed by atoms with Crippen LogP contribution in [0.25, 0.3) is 21.8 Å². The molecule has 3 nitrogen and oxygen atoms in total. The Balaban J connectivity index is 1.54. The van der Waals surface area contributed by atoms with Gasteiger partial charge in [-0.1, -0.05) is 88.8 Å². The van der Waals surface area contributed by atoms with Gasteiger partial charge in [-0.2, -0.15) is 0 Å². The smallest absolute Gasteiger partial charge is 0.0730 e. The molecule has 0 saturated heterocycles. The third-order valence-electron chi connectivity index (χ3n) is 6.65. The van der Waals surface area contributed by atoms with Crippen molar-refractivity contribution in [2.45, 2.75) is 65.2 Å². The van der Waals surface area contributed by atoms with Crippen LogP contribution in [0, 0.1) is 0 Å². The lowest BCUT2D eigenvalue weighted by Gasteiger charge is -2.25. The molecule has 1 heterocycles. The summed E-state index contributed by atoms with van der Waals surface area (Å²) in [5.74, 6) is 0. The van der Waals surface area contributed by atoms with Crippen LogP contribution in [0.5, 0.6) is 0 Å². The van der Waals surface area contributed by atoms with Gasteiger partial charge in [0.15, 0.2) is 0 Å². The summed E-state index contributed by atoms with van der Waals surface area (Å²) in [4.78, 5) is 7.44. The highest BCUT2D eigenvalue weighted by Crippen LogP contribution is 2.33. The zero-order valence-electron chi connectivity index (χ0n) is 20.9. The molecule has 0 unspecified atom stereocenters. The Morgan fingerprint density at radius 1 is 0.618 bits per heavy atom. The standard InChI is InChI=1S/C31H39N3/c1-3-5-7-13-23-34(24-14-8-6-4-2)26-21-19-25(20-22-26)32-31-27-15-9-11-17-29(27)33-30-18-12-10-16-28(30)31/h9-12,15-22H,3-8,13-14,23-24H2,1-2H3,(H,32,33). The van der Waals surface area contributed by atoms with E-state index in [9.17, 15) is 0 Å². The maximum Gasteiger partial charge on any atom is 0.0730 e. The van der Waals surface area contributed by atoms with E-state index < -0.39 is 0 Å². The first-order valence-corrected chi connectivity index (χ1v) is 13.2. The van der Waals surface area contributed by atoms with Gasteiger partial charge in [0.2, 0.25) is 0 Å². The van der Waals surface area contributed by atoms with E-state index in [2.05, 4.69) is 96.9 Å². The Morgan fingerprint density at radius 3 is 1.68 bits per heavy atom. The van der Waals surface area contributed by atoms with E-state index in [0.29, 0.717) is 0 Å². The first-order chi connectivity index (χ1) is 16.8. The van der Waals surface area contributed by atoms with Crippen LogP contribution in [0.1, 0.15) is 65.2 Å². The fraction of sp³-hybridized carbons (Fsp3) is 0.387. The molecule has 0 atom stereocenters. The van der Waals surface area contributed by atoms with Gasteiger partial charge in [-0.25, -0.2) is 4.98 Å². The minimum atomic E-state index is 1.02. The van der Waals surface area contributed by atoms with Gasteiger partial charge < -0.3 is 10.2 Å². The van der Waals surface area contributed by atoms with Crippen LogP contribution in [-0.2, 0) is 0 Å². The molecule has 0 aliphatic carbocycles. The van der Waals surface area contributed by atoms with Crippen LogP contribution in [0.15, 0.2) is 72.8 Å². The molecule has 4 rings (SSSR count). The molecular weight excluding hydrogens is 414 g/mol. The number of nitrogens with zero attached hydrogens (tertiary/aromatic N) is 2. The molecule has 3 heteroatoms. The SMILES string of the molecule is CCCCCCN(CCCCCC)c1ccc(Nc2c3ccccc3nc3ccccc23)cc1. The maximum absolute atomic E-state index is 4.85. The van der Waals surface area contributed by atoms with E-state index in [-0.39, 0.29) is 0 Å². The van der Waals surface area contributed by atoms with E-state index in [1.165, 1.54) is 57.1 Å². The number of para-hydroxylation sites is 2. The highest BCUT2D eigenvalue weighted by Gasteiger charge is 2.10. The molecule has 0 aliphatic heterocycles. The van der Waals surface area contributed by atoms with Crippen molar-refractivity contribution in [2.75, 3.05) is 23.3 Å². The fourth-order valence-corrected chi connectivity index (χ4v) is 4.70. The van der Waals surface area contributed by atoms with Crippen molar-refractivity contribution in [2.24, 2.45) is 0 Å². The summed E-state index contributed by atoms with van der Waals surface area (Å²) < 4.78 is 0. The predicted octanol–water partition coefficient (Wildman–Crippen LogP) is 9.10. The van der Waals surface area contributed by atoms with Gasteiger partial charge in [-0.3, -0.25) is 0 Å². The lowest BCUT2D eigenvalue weighted by atomic mass is 10.1. The summed E-state index contributed by atoms with van der Waals surface area (Å²) in [5, 5.41) is 6.02. The van der Waals surface area contributed by atoms with E-state index in [0.717, 1.165) is 46.3 Å². The molecule has 0 amide bonds. The summed E-state index contributed by atoms with van der Waals surface area (Å²) in [5.41, 5.74) is 5.62. The number of nitrogens with one attached hydrogen (secondary N) is 1. The number of aromatic nitrogens is 1. The molecule has 178 valence electrons. The molecule has 0 aliphatic rings. The monoisotopic (exact) mass is 453 g/mol. The molecule has 0 spiro atoms. The van der Waals surface area contributed by atoms with Crippen molar-refractivity contribution in [1.82, 2.24) is 4.98 Å². The van der Waals surface area contributed by atoms with E-state index in [4.69, 9.17) is 4.98 Å². The lowest BCUT2D eigenvalue weighted by Crippen LogP contribution is -2.25. The van der Waals surface area contributed by atoms with E-state index >= 15 is 0 Å². The average Bonchev–Trinajstić information content (AvgIpc) is 2.88. The summed E-state index contributed by atoms with van der Waals surface area (Å²) in [7, 11) is 0. The highest BCUT2D eigenvalue weighted by molar-refractivity contribution is 6.08. The number of pyridine rings is 1. The Labute approximate surface area is 205 Å². The number of anilines is 3. The second-order valence-electron chi connectivity index (χ2n) is 9.30. The summed E-state index contributed by atoms with van der Waals surface area (Å²) in [6.45, 7) is 6.87. The normalized spacial score (nSPS) is 11.2. The molecule has 0 saturated carbocycles. The molecule has 3 aromatic carbocycles. The van der Waals surface area contributed by atoms with Crippen LogP contribution in [0.2, 0.25) is 0 Å². The second-order valence-corrected chi connectivity index (χ2v) is 9.30. The van der Waals surface area contributed by atoms with Crippen molar-refractivity contribution < 1.29 is 0 Å². The Kier molecular flexibility index (Phi) is 8.78. The van der Waals surface area contributed by atoms with Crippen LogP contribution in [-0.4, -0.2) is 18.1 Å². The van der Waals surface area contributed by atoms with Gasteiger partial charge >= 0.3 is 0 Å². The lowest BCUT2D eigenvalue weighted by molar-refractivity contribution is 0.609. The fourth-order valence-electron chi connectivity index (χ4n) is 4.70. The van der Waals surface area contributed by atoms with Gasteiger partial charge in [-0.15, -0.1) is 0 Å². The molecule has 0 fully saturated rings. The summed E-state index contributed by atoms with van der Waals surface area (Å²) in [6.07, 6.45) is 10.4. The van der Waals surface area contributed by atoms with Gasteiger partial charge in [0.05, 0.1) is 16.7 Å². The zero-order valence-corrected chi connectivity index (χ0v) is 20.9. The molecule has 34 heavy (non-hydrogen) atoms. The Bertz CT molecular complexity index is 1100. The number of rotatable bonds is 13. The van der Waals surface area contributed by atoms with Crippen molar-refractivity contribution in [3.8, 4) is 0 Å². The average molecular weight is 454 g/mol. The van der Waals surface area contributed by atoms with E-state index in [1.54, 1.807) is 0 Å². The molecular formula is C31H39N3. The number of unbranched alkanes of at least 4 members (excludes halogenated alkanes) is 6. The molecule has 1 N–H and O–H groups in total. The number of fused-ring (bicyclic) bond motifs is 2. The van der Waals surface area contributed by atoms with Crippen LogP contribution < -0.4 is 10.2 Å². The van der Waals surface area contributed by atoms with Gasteiger partial charge in [0, 0.05) is 35.2 Å². The number of hydrogen-bond donors (Lipinski definition) is 1. The number of hydrogen-bond acceptors (Lipinski definition) is 3. The van der Waals surface area contributed by atoms with Crippen molar-refractivity contribution in [3.05, 3.63) is 72.8 Å². The molecule has 0 radical (unpaired) electrons. The highest BCUT2D eigenvalue weighted by atomic mass is 15.1. The first kappa shape index (κ1) is 24.1. The zero-order chi connectivity index (χ0) is 23.6. The third kappa shape index (κ3) is 6.08. The Hall–Kier alpha value is -3.07. The van der Waals surface area contributed by atoms with Crippen LogP contribution in [0.3, 0.4) is 0 Å². The van der Waals surface area contributed by atoms with Gasteiger partial charge in [0.1, 0.15) is 0 Å². The van der Waals surface area contributed by atoms with Crippen LogP contribution >= 0.6 is 0 Å². The van der Waals surface area contributed by atoms with Crippen molar-refractivity contribution in [1.29, 1.82) is 0 Å². The molecule has 0 bridgehead atoms. The second kappa shape index (κ2) is 12.4. The van der Waals surface area contributed by atoms with E-state index in [1.807, 2.05) is 0 Å². The predicted molar refractivity (Wildman–Crippen MR) is 149 cm³/mol. The largest absolute Gasteiger partial charge is 0.372 e.